The van der Waals surface area contributed by atoms with Crippen molar-refractivity contribution >= 4 is 23.6 Å². The zero-order valence-corrected chi connectivity index (χ0v) is 18.7. The lowest BCUT2D eigenvalue weighted by Crippen LogP contribution is -2.64. The van der Waals surface area contributed by atoms with Gasteiger partial charge >= 0.3 is 0 Å². The highest BCUT2D eigenvalue weighted by molar-refractivity contribution is 5.99. The third kappa shape index (κ3) is 5.34. The minimum atomic E-state index is -0.947. The average molecular weight is 459 g/mol. The van der Waals surface area contributed by atoms with Crippen LogP contribution in [-0.2, 0) is 14.4 Å². The number of piperazine rings is 1. The summed E-state index contributed by atoms with van der Waals surface area (Å²) in [6, 6.07) is 3.74. The largest absolute Gasteiger partial charge is 0.354 e. The molecule has 2 aliphatic heterocycles. The van der Waals surface area contributed by atoms with Crippen molar-refractivity contribution < 1.29 is 23.6 Å². The summed E-state index contributed by atoms with van der Waals surface area (Å²) in [5, 5.41) is 5.50. The number of benzene rings is 1. The molecule has 0 radical (unpaired) electrons. The summed E-state index contributed by atoms with van der Waals surface area (Å²) in [4.78, 5) is 54.8. The molecule has 178 valence electrons. The van der Waals surface area contributed by atoms with Crippen molar-refractivity contribution in [3.8, 4) is 0 Å². The number of carbonyl (C=O) groups excluding carboxylic acids is 4. The minimum absolute atomic E-state index is 0.0285. The topological polar surface area (TPSA) is 98.8 Å². The van der Waals surface area contributed by atoms with E-state index in [0.29, 0.717) is 19.5 Å². The highest BCUT2D eigenvalue weighted by Crippen LogP contribution is 2.27. The van der Waals surface area contributed by atoms with Crippen molar-refractivity contribution in [1.82, 2.24) is 20.4 Å². The number of rotatable bonds is 4. The van der Waals surface area contributed by atoms with Crippen LogP contribution in [0.15, 0.2) is 24.3 Å². The fourth-order valence-electron chi connectivity index (χ4n) is 5.02. The number of halogens is 1. The van der Waals surface area contributed by atoms with Crippen LogP contribution in [0.25, 0.3) is 0 Å². The van der Waals surface area contributed by atoms with Crippen LogP contribution in [0.5, 0.6) is 0 Å². The lowest BCUT2D eigenvalue weighted by atomic mass is 9.88. The molecular formula is C24H31FN4O4. The molecule has 1 aromatic rings. The minimum Gasteiger partial charge on any atom is -0.354 e. The number of nitrogens with zero attached hydrogens (tertiary/aromatic N) is 2. The molecule has 0 spiro atoms. The Kier molecular flexibility index (Phi) is 7.25. The second-order valence-electron chi connectivity index (χ2n) is 9.14. The Bertz CT molecular complexity index is 917. The molecule has 9 heteroatoms. The predicted octanol–water partition coefficient (Wildman–Crippen LogP) is 1.45. The maximum atomic E-state index is 13.7. The quantitative estimate of drug-likeness (QED) is 0.714. The van der Waals surface area contributed by atoms with Crippen LogP contribution in [0.4, 0.5) is 4.39 Å². The van der Waals surface area contributed by atoms with Crippen molar-refractivity contribution in [1.29, 1.82) is 0 Å². The summed E-state index contributed by atoms with van der Waals surface area (Å²) in [5.41, 5.74) is 0.148. The van der Waals surface area contributed by atoms with Crippen LogP contribution >= 0.6 is 0 Å². The lowest BCUT2D eigenvalue weighted by Gasteiger charge is -2.42. The second-order valence-corrected chi connectivity index (χ2v) is 9.14. The van der Waals surface area contributed by atoms with E-state index in [2.05, 4.69) is 10.6 Å². The van der Waals surface area contributed by atoms with Gasteiger partial charge in [-0.15, -0.1) is 0 Å². The molecule has 1 aliphatic carbocycles. The smallest absolute Gasteiger partial charge is 0.254 e. The van der Waals surface area contributed by atoms with Crippen LogP contribution in [0.3, 0.4) is 0 Å². The van der Waals surface area contributed by atoms with E-state index in [4.69, 9.17) is 0 Å². The van der Waals surface area contributed by atoms with E-state index in [9.17, 15) is 23.6 Å². The second kappa shape index (κ2) is 10.3. The van der Waals surface area contributed by atoms with Gasteiger partial charge in [-0.3, -0.25) is 19.2 Å². The first kappa shape index (κ1) is 23.2. The Morgan fingerprint density at radius 2 is 1.82 bits per heavy atom. The Hall–Kier alpha value is -2.97. The Labute approximate surface area is 192 Å². The monoisotopic (exact) mass is 458 g/mol. The van der Waals surface area contributed by atoms with Gasteiger partial charge in [-0.1, -0.05) is 25.3 Å². The maximum absolute atomic E-state index is 13.7. The fraction of sp³-hybridized carbons (Fsp3) is 0.583. The number of hydrogen-bond donors (Lipinski definition) is 2. The normalized spacial score (nSPS) is 24.2. The number of hydrogen-bond acceptors (Lipinski definition) is 4. The first-order chi connectivity index (χ1) is 15.9. The molecule has 33 heavy (non-hydrogen) atoms. The molecule has 2 heterocycles. The van der Waals surface area contributed by atoms with Crippen LogP contribution in [0, 0.1) is 11.7 Å². The maximum Gasteiger partial charge on any atom is 0.254 e. The van der Waals surface area contributed by atoms with Crippen molar-refractivity contribution in [3.63, 3.8) is 0 Å². The van der Waals surface area contributed by atoms with E-state index in [0.717, 1.165) is 44.6 Å². The van der Waals surface area contributed by atoms with Crippen LogP contribution in [0.2, 0.25) is 0 Å². The first-order valence-electron chi connectivity index (χ1n) is 11.9. The molecule has 1 saturated carbocycles. The number of amides is 4. The fourth-order valence-corrected chi connectivity index (χ4v) is 5.02. The van der Waals surface area contributed by atoms with E-state index in [1.165, 1.54) is 23.1 Å². The van der Waals surface area contributed by atoms with E-state index in [1.807, 2.05) is 0 Å². The summed E-state index contributed by atoms with van der Waals surface area (Å²) < 4.78 is 13.7. The molecule has 3 fully saturated rings. The molecule has 2 saturated heterocycles. The zero-order chi connectivity index (χ0) is 23.4. The molecule has 8 nitrogen and oxygen atoms in total. The van der Waals surface area contributed by atoms with Gasteiger partial charge in [0, 0.05) is 31.1 Å². The molecule has 4 amide bonds. The first-order valence-corrected chi connectivity index (χ1v) is 11.9. The molecular weight excluding hydrogens is 427 g/mol. The van der Waals surface area contributed by atoms with Gasteiger partial charge in [-0.05, 0) is 43.9 Å². The molecule has 3 aliphatic rings. The van der Waals surface area contributed by atoms with E-state index >= 15 is 0 Å². The van der Waals surface area contributed by atoms with Crippen LogP contribution in [-0.4, -0.2) is 71.7 Å². The van der Waals surface area contributed by atoms with Gasteiger partial charge in [-0.2, -0.15) is 0 Å². The van der Waals surface area contributed by atoms with Gasteiger partial charge in [-0.25, -0.2) is 4.39 Å². The Morgan fingerprint density at radius 1 is 1.03 bits per heavy atom. The third-order valence-corrected chi connectivity index (χ3v) is 6.88. The van der Waals surface area contributed by atoms with Crippen LogP contribution in [0.1, 0.15) is 55.3 Å². The Morgan fingerprint density at radius 3 is 2.55 bits per heavy atom. The van der Waals surface area contributed by atoms with Gasteiger partial charge in [0.05, 0.1) is 6.54 Å². The summed E-state index contributed by atoms with van der Waals surface area (Å²) >= 11 is 0. The summed E-state index contributed by atoms with van der Waals surface area (Å²) in [6.07, 6.45) is 6.14. The molecule has 2 N–H and O–H groups in total. The van der Waals surface area contributed by atoms with Crippen LogP contribution < -0.4 is 10.6 Å². The summed E-state index contributed by atoms with van der Waals surface area (Å²) in [6.45, 7) is 1.13. The number of nitrogens with one attached hydrogen (secondary N) is 2. The highest BCUT2D eigenvalue weighted by Gasteiger charge is 2.40. The van der Waals surface area contributed by atoms with E-state index in [-0.39, 0.29) is 36.4 Å². The van der Waals surface area contributed by atoms with Gasteiger partial charge in [0.25, 0.3) is 5.91 Å². The summed E-state index contributed by atoms with van der Waals surface area (Å²) in [7, 11) is 0. The average Bonchev–Trinajstić information content (AvgIpc) is 2.84. The molecule has 0 bridgehead atoms. The highest BCUT2D eigenvalue weighted by atomic mass is 19.1. The third-order valence-electron chi connectivity index (χ3n) is 6.88. The molecule has 0 aromatic heterocycles. The predicted molar refractivity (Wildman–Crippen MR) is 119 cm³/mol. The number of carbonyl (C=O) groups is 4. The molecule has 1 aromatic carbocycles. The molecule has 2 atom stereocenters. The Balaban J connectivity index is 1.53. The zero-order valence-electron chi connectivity index (χ0n) is 18.7. The summed E-state index contributed by atoms with van der Waals surface area (Å²) in [5.74, 6) is -1.73. The van der Waals surface area contributed by atoms with E-state index in [1.54, 1.807) is 4.90 Å². The van der Waals surface area contributed by atoms with Crippen molar-refractivity contribution in [2.75, 3.05) is 26.2 Å². The lowest BCUT2D eigenvalue weighted by molar-refractivity contribution is -0.142. The SMILES string of the molecule is O=C1NCCCC1NC(=O)C1CN(C(=O)C2CCCCC2)CCN1C(=O)c1cccc(F)c1. The number of piperidine rings is 1. The van der Waals surface area contributed by atoms with Gasteiger partial charge < -0.3 is 20.4 Å². The van der Waals surface area contributed by atoms with Gasteiger partial charge in [0.15, 0.2) is 0 Å². The van der Waals surface area contributed by atoms with Crippen molar-refractivity contribution in [2.45, 2.75) is 57.0 Å². The van der Waals surface area contributed by atoms with Gasteiger partial charge in [0.2, 0.25) is 17.7 Å². The van der Waals surface area contributed by atoms with Crippen molar-refractivity contribution in [2.24, 2.45) is 5.92 Å². The molecule has 4 rings (SSSR count). The van der Waals surface area contributed by atoms with Crippen molar-refractivity contribution in [3.05, 3.63) is 35.6 Å². The standard InChI is InChI=1S/C24H31FN4O4/c25-18-9-4-8-17(14-18)24(33)29-13-12-28(23(32)16-6-2-1-3-7-16)15-20(29)22(31)27-19-10-5-11-26-21(19)30/h4,8-9,14,16,19-20H,1-3,5-7,10-13,15H2,(H,26,30)(H,27,31). The van der Waals surface area contributed by atoms with E-state index < -0.39 is 29.7 Å². The molecule has 2 unspecified atom stereocenters. The van der Waals surface area contributed by atoms with Gasteiger partial charge in [0.1, 0.15) is 17.9 Å².